The summed E-state index contributed by atoms with van der Waals surface area (Å²) in [5.74, 6) is -2.41. The third-order valence-electron chi connectivity index (χ3n) is 4.26. The average Bonchev–Trinajstić information content (AvgIpc) is 3.28. The van der Waals surface area contributed by atoms with Crippen molar-refractivity contribution in [3.63, 3.8) is 0 Å². The molecule has 2 N–H and O–H groups in total. The summed E-state index contributed by atoms with van der Waals surface area (Å²) in [5, 5.41) is 15.7. The smallest absolute Gasteiger partial charge is 0.501 e. The van der Waals surface area contributed by atoms with Crippen molar-refractivity contribution < 1.29 is 39.9 Å². The number of aromatic nitrogens is 4. The van der Waals surface area contributed by atoms with Crippen molar-refractivity contribution in [2.75, 3.05) is 11.1 Å². The number of halogens is 3. The van der Waals surface area contributed by atoms with Gasteiger partial charge in [0, 0.05) is 0 Å². The lowest BCUT2D eigenvalue weighted by molar-refractivity contribution is -0.0436. The fraction of sp³-hybridized carbons (Fsp3) is 0.176. The summed E-state index contributed by atoms with van der Waals surface area (Å²) in [6.45, 7) is 1.32. The second-order valence-electron chi connectivity index (χ2n) is 6.34. The van der Waals surface area contributed by atoms with Crippen LogP contribution in [0.3, 0.4) is 0 Å². The second kappa shape index (κ2) is 8.43. The number of rotatable bonds is 6. The van der Waals surface area contributed by atoms with Gasteiger partial charge in [-0.3, -0.25) is 4.79 Å². The Morgan fingerprint density at radius 2 is 1.85 bits per heavy atom. The highest BCUT2D eigenvalue weighted by Crippen LogP contribution is 2.34. The number of carbonyl (C=O) groups is 1. The van der Waals surface area contributed by atoms with Crippen LogP contribution in [0.5, 0.6) is 5.75 Å². The molecule has 1 amide bonds. The van der Waals surface area contributed by atoms with E-state index in [0.29, 0.717) is 18.2 Å². The summed E-state index contributed by atoms with van der Waals surface area (Å²) in [5.41, 5.74) is -6.99. The molecule has 0 saturated heterocycles. The average molecular weight is 505 g/mol. The number of hydrogen-bond acceptors (Lipinski definition) is 9. The number of hydrogen-bond donors (Lipinski definition) is 2. The maximum atomic E-state index is 12.9. The molecule has 0 aliphatic rings. The summed E-state index contributed by atoms with van der Waals surface area (Å²) in [6, 6.07) is 3.87. The summed E-state index contributed by atoms with van der Waals surface area (Å²) < 4.78 is 87.8. The molecular formula is C17H14F3N5O6S2. The van der Waals surface area contributed by atoms with Crippen LogP contribution < -0.4 is 5.32 Å². The molecule has 0 unspecified atom stereocenters. The van der Waals surface area contributed by atoms with Crippen LogP contribution in [0.15, 0.2) is 52.8 Å². The Balaban J connectivity index is 2.09. The summed E-state index contributed by atoms with van der Waals surface area (Å²) in [7, 11) is -9.77. The number of alkyl halides is 3. The molecule has 3 aromatic rings. The highest BCUT2D eigenvalue weighted by molar-refractivity contribution is 7.92. The monoisotopic (exact) mass is 505 g/mol. The first-order valence-corrected chi connectivity index (χ1v) is 12.0. The van der Waals surface area contributed by atoms with Crippen LogP contribution in [0, 0.1) is 0 Å². The molecular weight excluding hydrogens is 491 g/mol. The summed E-state index contributed by atoms with van der Waals surface area (Å²) >= 11 is 0. The minimum atomic E-state index is -5.78. The third kappa shape index (κ3) is 4.65. The van der Waals surface area contributed by atoms with Crippen molar-refractivity contribution in [2.24, 2.45) is 0 Å². The lowest BCUT2D eigenvalue weighted by atomic mass is 10.2. The first-order chi connectivity index (χ1) is 15.3. The Morgan fingerprint density at radius 3 is 2.42 bits per heavy atom. The lowest BCUT2D eigenvalue weighted by Gasteiger charge is -2.13. The van der Waals surface area contributed by atoms with Crippen molar-refractivity contribution in [2.45, 2.75) is 22.2 Å². The van der Waals surface area contributed by atoms with Crippen molar-refractivity contribution in [1.82, 2.24) is 19.7 Å². The minimum Gasteiger partial charge on any atom is -0.506 e. The van der Waals surface area contributed by atoms with Gasteiger partial charge in [-0.05, 0) is 30.3 Å². The minimum absolute atomic E-state index is 0.00896. The Bertz CT molecular complexity index is 1420. The van der Waals surface area contributed by atoms with E-state index in [0.717, 1.165) is 17.1 Å². The molecule has 11 nitrogen and oxygen atoms in total. The van der Waals surface area contributed by atoms with E-state index in [4.69, 9.17) is 0 Å². The first-order valence-electron chi connectivity index (χ1n) is 8.82. The van der Waals surface area contributed by atoms with Crippen molar-refractivity contribution >= 4 is 31.3 Å². The standard InChI is InChI=1S/C17H14F3N5O6S2/c1-2-32(28,29)13-5-6-14(25-9-21-8-22-25)24-15(13)16(27)23-11-7-10(3-4-12(11)26)33(30,31)17(18,19)20/h3-9,26H,2H2,1H3,(H,23,27). The molecule has 3 rings (SSSR count). The maximum Gasteiger partial charge on any atom is 0.501 e. The van der Waals surface area contributed by atoms with Gasteiger partial charge < -0.3 is 10.4 Å². The molecule has 0 bridgehead atoms. The van der Waals surface area contributed by atoms with E-state index in [9.17, 15) is 39.9 Å². The number of phenols is 1. The van der Waals surface area contributed by atoms with Crippen LogP contribution in [0.25, 0.3) is 5.82 Å². The molecule has 0 aliphatic heterocycles. The fourth-order valence-corrected chi connectivity index (χ4v) is 4.36. The van der Waals surface area contributed by atoms with Crippen LogP contribution in [-0.4, -0.2) is 58.9 Å². The predicted octanol–water partition coefficient (Wildman–Crippen LogP) is 1.71. The molecule has 0 aliphatic carbocycles. The van der Waals surface area contributed by atoms with Gasteiger partial charge in [-0.25, -0.2) is 31.5 Å². The number of phenolic OH excluding ortho intramolecular Hbond substituents is 1. The van der Waals surface area contributed by atoms with Gasteiger partial charge in [0.2, 0.25) is 0 Å². The number of amides is 1. The zero-order chi connectivity index (χ0) is 24.6. The van der Waals surface area contributed by atoms with Gasteiger partial charge in [0.25, 0.3) is 15.7 Å². The summed E-state index contributed by atoms with van der Waals surface area (Å²) in [4.78, 5) is 18.8. The first kappa shape index (κ1) is 24.1. The van der Waals surface area contributed by atoms with E-state index in [1.807, 2.05) is 5.32 Å². The Hall–Kier alpha value is -3.53. The number of pyridine rings is 1. The number of anilines is 1. The van der Waals surface area contributed by atoms with E-state index >= 15 is 0 Å². The zero-order valence-corrected chi connectivity index (χ0v) is 18.1. The largest absolute Gasteiger partial charge is 0.506 e. The Labute approximate surface area is 184 Å². The molecule has 2 aromatic heterocycles. The van der Waals surface area contributed by atoms with Crippen LogP contribution in [0.2, 0.25) is 0 Å². The highest BCUT2D eigenvalue weighted by atomic mass is 32.2. The molecule has 33 heavy (non-hydrogen) atoms. The van der Waals surface area contributed by atoms with Crippen molar-refractivity contribution in [3.05, 3.63) is 48.7 Å². The van der Waals surface area contributed by atoms with Crippen molar-refractivity contribution in [1.29, 1.82) is 0 Å². The van der Waals surface area contributed by atoms with E-state index in [-0.39, 0.29) is 5.82 Å². The maximum absolute atomic E-state index is 12.9. The van der Waals surface area contributed by atoms with Gasteiger partial charge in [0.15, 0.2) is 15.7 Å². The Kier molecular flexibility index (Phi) is 6.16. The third-order valence-corrected chi connectivity index (χ3v) is 7.50. The van der Waals surface area contributed by atoms with E-state index in [1.54, 1.807) is 0 Å². The number of sulfone groups is 2. The SMILES string of the molecule is CCS(=O)(=O)c1ccc(-n2cncn2)nc1C(=O)Nc1cc(S(=O)(=O)C(F)(F)F)ccc1O. The lowest BCUT2D eigenvalue weighted by Crippen LogP contribution is -2.24. The van der Waals surface area contributed by atoms with Crippen molar-refractivity contribution in [3.8, 4) is 11.6 Å². The fourth-order valence-electron chi connectivity index (χ4n) is 2.56. The van der Waals surface area contributed by atoms with Gasteiger partial charge in [0.1, 0.15) is 24.1 Å². The topological polar surface area (TPSA) is 161 Å². The molecule has 0 saturated carbocycles. The van der Waals surface area contributed by atoms with Gasteiger partial charge >= 0.3 is 5.51 Å². The van der Waals surface area contributed by atoms with E-state index in [2.05, 4.69) is 15.1 Å². The number of nitrogens with zero attached hydrogens (tertiary/aromatic N) is 4. The second-order valence-corrected chi connectivity index (χ2v) is 10.5. The zero-order valence-electron chi connectivity index (χ0n) is 16.5. The Morgan fingerprint density at radius 1 is 1.15 bits per heavy atom. The molecule has 0 spiro atoms. The van der Waals surface area contributed by atoms with Crippen LogP contribution in [0.1, 0.15) is 17.4 Å². The van der Waals surface area contributed by atoms with Gasteiger partial charge in [0.05, 0.1) is 21.2 Å². The number of benzene rings is 1. The van der Waals surface area contributed by atoms with Crippen LogP contribution in [-0.2, 0) is 19.7 Å². The molecule has 16 heteroatoms. The molecule has 2 heterocycles. The van der Waals surface area contributed by atoms with Gasteiger partial charge in [-0.2, -0.15) is 18.3 Å². The number of nitrogens with one attached hydrogen (secondary N) is 1. The quantitative estimate of drug-likeness (QED) is 0.475. The normalized spacial score (nSPS) is 12.5. The molecule has 176 valence electrons. The van der Waals surface area contributed by atoms with Crippen LogP contribution in [0.4, 0.5) is 18.9 Å². The van der Waals surface area contributed by atoms with Crippen LogP contribution >= 0.6 is 0 Å². The molecule has 0 fully saturated rings. The van der Waals surface area contributed by atoms with Gasteiger partial charge in [-0.1, -0.05) is 6.92 Å². The highest BCUT2D eigenvalue weighted by Gasteiger charge is 2.47. The molecule has 0 atom stereocenters. The van der Waals surface area contributed by atoms with E-state index in [1.165, 1.54) is 19.3 Å². The van der Waals surface area contributed by atoms with Gasteiger partial charge in [-0.15, -0.1) is 0 Å². The number of carbonyl (C=O) groups excluding carboxylic acids is 1. The predicted molar refractivity (Wildman–Crippen MR) is 106 cm³/mol. The molecule has 1 aromatic carbocycles. The summed E-state index contributed by atoms with van der Waals surface area (Å²) in [6.07, 6.45) is 2.37. The molecule has 0 radical (unpaired) electrons. The number of aromatic hydroxyl groups is 1. The van der Waals surface area contributed by atoms with E-state index < -0.39 is 63.8 Å².